The Bertz CT molecular complexity index is 683. The quantitative estimate of drug-likeness (QED) is 0.795. The van der Waals surface area contributed by atoms with Crippen LogP contribution in [0, 0.1) is 0 Å². The van der Waals surface area contributed by atoms with Crippen molar-refractivity contribution in [3.63, 3.8) is 0 Å². The lowest BCUT2D eigenvalue weighted by Gasteiger charge is -2.18. The molecule has 2 aromatic rings. The Kier molecular flexibility index (Phi) is 3.97. The third-order valence-electron chi connectivity index (χ3n) is 2.60. The Balaban J connectivity index is 2.30. The minimum Gasteiger partial charge on any atom is -0.462 e. The molecule has 1 heterocycles. The highest BCUT2D eigenvalue weighted by atomic mass is 16.6. The summed E-state index contributed by atoms with van der Waals surface area (Å²) in [5, 5.41) is 4.81. The predicted octanol–water partition coefficient (Wildman–Crippen LogP) is 3.00. The highest BCUT2D eigenvalue weighted by Crippen LogP contribution is 2.17. The molecule has 6 heteroatoms. The molecular formula is C15H18N2O4. The predicted molar refractivity (Wildman–Crippen MR) is 77.3 cm³/mol. The van der Waals surface area contributed by atoms with Gasteiger partial charge >= 0.3 is 12.1 Å². The highest BCUT2D eigenvalue weighted by molar-refractivity contribution is 5.94. The number of carbonyl (C=O) groups excluding carboxylic acids is 2. The second-order valence-corrected chi connectivity index (χ2v) is 5.55. The summed E-state index contributed by atoms with van der Waals surface area (Å²) in [5.41, 5.74) is 0.438. The fourth-order valence-corrected chi connectivity index (χ4v) is 1.77. The fraction of sp³-hybridized carbons (Fsp3) is 0.400. The first-order chi connectivity index (χ1) is 9.80. The Morgan fingerprint density at radius 2 is 2.00 bits per heavy atom. The maximum Gasteiger partial charge on any atom is 0.435 e. The van der Waals surface area contributed by atoms with E-state index >= 15 is 0 Å². The molecular weight excluding hydrogens is 272 g/mol. The molecule has 0 unspecified atom stereocenters. The first kappa shape index (κ1) is 15.0. The second-order valence-electron chi connectivity index (χ2n) is 5.55. The number of ether oxygens (including phenoxy) is 2. The number of esters is 1. The lowest BCUT2D eigenvalue weighted by molar-refractivity contribution is 0.0510. The first-order valence-electron chi connectivity index (χ1n) is 6.70. The molecule has 0 amide bonds. The van der Waals surface area contributed by atoms with Crippen LogP contribution in [0.5, 0.6) is 0 Å². The summed E-state index contributed by atoms with van der Waals surface area (Å²) in [6.07, 6.45) is 0.975. The number of rotatable bonds is 2. The number of carbonyl (C=O) groups is 2. The topological polar surface area (TPSA) is 70.4 Å². The maximum absolute atomic E-state index is 11.9. The van der Waals surface area contributed by atoms with Crippen molar-refractivity contribution in [1.82, 2.24) is 9.78 Å². The van der Waals surface area contributed by atoms with E-state index in [4.69, 9.17) is 9.47 Å². The normalized spacial score (nSPS) is 11.4. The largest absolute Gasteiger partial charge is 0.462 e. The molecule has 0 spiro atoms. The molecule has 0 saturated heterocycles. The zero-order valence-electron chi connectivity index (χ0n) is 12.5. The number of nitrogens with zero attached hydrogens (tertiary/aromatic N) is 2. The van der Waals surface area contributed by atoms with Crippen LogP contribution in [0.4, 0.5) is 4.79 Å². The van der Waals surface area contributed by atoms with E-state index in [1.54, 1.807) is 45.9 Å². The zero-order chi connectivity index (χ0) is 15.6. The molecule has 2 rings (SSSR count). The van der Waals surface area contributed by atoms with Gasteiger partial charge in [-0.2, -0.15) is 9.78 Å². The summed E-state index contributed by atoms with van der Waals surface area (Å²) < 4.78 is 11.3. The Labute approximate surface area is 122 Å². The highest BCUT2D eigenvalue weighted by Gasteiger charge is 2.19. The SMILES string of the molecule is CCOC(=O)c1ccc2nn(C(=O)OC(C)(C)C)cc2c1. The van der Waals surface area contributed by atoms with E-state index in [1.807, 2.05) is 0 Å². The van der Waals surface area contributed by atoms with Crippen LogP contribution in [0.15, 0.2) is 24.4 Å². The summed E-state index contributed by atoms with van der Waals surface area (Å²) in [7, 11) is 0. The van der Waals surface area contributed by atoms with Gasteiger partial charge in [-0.1, -0.05) is 0 Å². The van der Waals surface area contributed by atoms with E-state index < -0.39 is 17.7 Å². The summed E-state index contributed by atoms with van der Waals surface area (Å²) in [6.45, 7) is 7.41. The van der Waals surface area contributed by atoms with E-state index in [0.29, 0.717) is 23.1 Å². The molecule has 0 aliphatic heterocycles. The first-order valence-corrected chi connectivity index (χ1v) is 6.70. The van der Waals surface area contributed by atoms with Crippen LogP contribution in [0.3, 0.4) is 0 Å². The summed E-state index contributed by atoms with van der Waals surface area (Å²) in [6, 6.07) is 4.93. The van der Waals surface area contributed by atoms with Crippen LogP contribution in [0.25, 0.3) is 10.9 Å². The molecule has 0 radical (unpaired) electrons. The summed E-state index contributed by atoms with van der Waals surface area (Å²) in [4.78, 5) is 23.6. The van der Waals surface area contributed by atoms with Crippen LogP contribution < -0.4 is 0 Å². The van der Waals surface area contributed by atoms with Gasteiger partial charge in [0.25, 0.3) is 0 Å². The molecule has 0 atom stereocenters. The molecule has 1 aromatic heterocycles. The second kappa shape index (κ2) is 5.55. The van der Waals surface area contributed by atoms with Crippen LogP contribution in [-0.4, -0.2) is 34.1 Å². The number of benzene rings is 1. The van der Waals surface area contributed by atoms with Crippen LogP contribution >= 0.6 is 0 Å². The zero-order valence-corrected chi connectivity index (χ0v) is 12.5. The van der Waals surface area contributed by atoms with Crippen LogP contribution in [-0.2, 0) is 9.47 Å². The fourth-order valence-electron chi connectivity index (χ4n) is 1.77. The number of fused-ring (bicyclic) bond motifs is 1. The third-order valence-corrected chi connectivity index (χ3v) is 2.60. The van der Waals surface area contributed by atoms with Gasteiger partial charge in [0, 0.05) is 11.6 Å². The van der Waals surface area contributed by atoms with E-state index in [1.165, 1.54) is 6.20 Å². The monoisotopic (exact) mass is 290 g/mol. The molecule has 0 aliphatic carbocycles. The average molecular weight is 290 g/mol. The molecule has 6 nitrogen and oxygen atoms in total. The van der Waals surface area contributed by atoms with Crippen molar-refractivity contribution in [2.45, 2.75) is 33.3 Å². The average Bonchev–Trinajstić information content (AvgIpc) is 2.79. The molecule has 0 aliphatic rings. The van der Waals surface area contributed by atoms with Gasteiger partial charge in [-0.15, -0.1) is 0 Å². The van der Waals surface area contributed by atoms with Crippen LogP contribution in [0.1, 0.15) is 38.1 Å². The van der Waals surface area contributed by atoms with Crippen LogP contribution in [0.2, 0.25) is 0 Å². The minimum absolute atomic E-state index is 0.314. The lowest BCUT2D eigenvalue weighted by Crippen LogP contribution is -2.27. The summed E-state index contributed by atoms with van der Waals surface area (Å²) in [5.74, 6) is -0.399. The van der Waals surface area contributed by atoms with Crippen molar-refractivity contribution < 1.29 is 19.1 Å². The van der Waals surface area contributed by atoms with Gasteiger partial charge in [-0.3, -0.25) is 0 Å². The van der Waals surface area contributed by atoms with Crippen molar-refractivity contribution in [3.8, 4) is 0 Å². The van der Waals surface area contributed by atoms with Gasteiger partial charge in [-0.25, -0.2) is 9.59 Å². The van der Waals surface area contributed by atoms with Crippen molar-refractivity contribution in [1.29, 1.82) is 0 Å². The van der Waals surface area contributed by atoms with Crippen molar-refractivity contribution in [2.75, 3.05) is 6.61 Å². The van der Waals surface area contributed by atoms with Crippen molar-refractivity contribution in [3.05, 3.63) is 30.0 Å². The Morgan fingerprint density at radius 3 is 2.62 bits per heavy atom. The van der Waals surface area contributed by atoms with Gasteiger partial charge in [0.15, 0.2) is 0 Å². The van der Waals surface area contributed by atoms with Crippen molar-refractivity contribution >= 4 is 23.0 Å². The number of hydrogen-bond donors (Lipinski definition) is 0. The number of hydrogen-bond acceptors (Lipinski definition) is 5. The number of aromatic nitrogens is 2. The molecule has 1 aromatic carbocycles. The Morgan fingerprint density at radius 1 is 1.29 bits per heavy atom. The summed E-state index contributed by atoms with van der Waals surface area (Å²) >= 11 is 0. The molecule has 0 bridgehead atoms. The van der Waals surface area contributed by atoms with E-state index in [-0.39, 0.29) is 0 Å². The van der Waals surface area contributed by atoms with Gasteiger partial charge in [0.2, 0.25) is 0 Å². The van der Waals surface area contributed by atoms with E-state index in [0.717, 1.165) is 4.68 Å². The van der Waals surface area contributed by atoms with Crippen molar-refractivity contribution in [2.24, 2.45) is 0 Å². The standard InChI is InChI=1S/C15H18N2O4/c1-5-20-13(18)10-6-7-12-11(8-10)9-17(16-12)14(19)21-15(2,3)4/h6-9H,5H2,1-4H3. The molecule has 21 heavy (non-hydrogen) atoms. The molecule has 0 fully saturated rings. The molecule has 0 N–H and O–H groups in total. The van der Waals surface area contributed by atoms with E-state index in [2.05, 4.69) is 5.10 Å². The third kappa shape index (κ3) is 3.59. The molecule has 0 saturated carbocycles. The van der Waals surface area contributed by atoms with Gasteiger partial charge in [-0.05, 0) is 45.9 Å². The van der Waals surface area contributed by atoms with Gasteiger partial charge < -0.3 is 9.47 Å². The lowest BCUT2D eigenvalue weighted by atomic mass is 10.2. The minimum atomic E-state index is -0.592. The molecule has 112 valence electrons. The van der Waals surface area contributed by atoms with Gasteiger partial charge in [0.1, 0.15) is 5.60 Å². The van der Waals surface area contributed by atoms with E-state index in [9.17, 15) is 9.59 Å². The Hall–Kier alpha value is -2.37. The van der Waals surface area contributed by atoms with Gasteiger partial charge in [0.05, 0.1) is 17.7 Å². The smallest absolute Gasteiger partial charge is 0.435 e. The maximum atomic E-state index is 11.9.